The van der Waals surface area contributed by atoms with Crippen molar-refractivity contribution in [2.45, 2.75) is 6.36 Å². The van der Waals surface area contributed by atoms with E-state index in [1.54, 1.807) is 18.2 Å². The van der Waals surface area contributed by atoms with Crippen molar-refractivity contribution in [3.05, 3.63) is 44.4 Å². The summed E-state index contributed by atoms with van der Waals surface area (Å²) in [5, 5.41) is 3.10. The van der Waals surface area contributed by atoms with Crippen molar-refractivity contribution in [1.82, 2.24) is 0 Å². The number of anilines is 3. The predicted molar refractivity (Wildman–Crippen MR) is 87.7 cm³/mol. The van der Waals surface area contributed by atoms with Gasteiger partial charge in [-0.15, -0.1) is 13.2 Å². The molecule has 0 saturated carbocycles. The van der Waals surface area contributed by atoms with Gasteiger partial charge < -0.3 is 15.8 Å². The van der Waals surface area contributed by atoms with E-state index in [0.29, 0.717) is 11.4 Å². The Hall–Kier alpha value is -1.16. The first kappa shape index (κ1) is 16.2. The minimum Gasteiger partial charge on any atom is -0.405 e. The van der Waals surface area contributed by atoms with E-state index in [9.17, 15) is 13.2 Å². The Bertz CT molecular complexity index is 664. The van der Waals surface area contributed by atoms with Crippen LogP contribution in [0.25, 0.3) is 0 Å². The van der Waals surface area contributed by atoms with E-state index in [4.69, 9.17) is 5.73 Å². The van der Waals surface area contributed by atoms with Crippen LogP contribution < -0.4 is 15.8 Å². The van der Waals surface area contributed by atoms with Gasteiger partial charge in [-0.25, -0.2) is 0 Å². The van der Waals surface area contributed by atoms with Crippen molar-refractivity contribution < 1.29 is 17.9 Å². The van der Waals surface area contributed by atoms with Crippen LogP contribution in [0.3, 0.4) is 0 Å². The lowest BCUT2D eigenvalue weighted by molar-refractivity contribution is -0.274. The van der Waals surface area contributed by atoms with Crippen LogP contribution in [-0.4, -0.2) is 6.36 Å². The Morgan fingerprint density at radius 3 is 2.43 bits per heavy atom. The molecule has 21 heavy (non-hydrogen) atoms. The SMILES string of the molecule is Nc1ccc(Nc2ccc(OC(F)(F)F)c(Br)c2)c(I)c1. The van der Waals surface area contributed by atoms with Crippen LogP contribution in [0.2, 0.25) is 0 Å². The molecule has 2 aromatic rings. The van der Waals surface area contributed by atoms with Gasteiger partial charge in [0, 0.05) is 14.9 Å². The Kier molecular flexibility index (Phi) is 4.87. The highest BCUT2D eigenvalue weighted by Gasteiger charge is 2.31. The van der Waals surface area contributed by atoms with Gasteiger partial charge in [-0.05, 0) is 74.9 Å². The van der Waals surface area contributed by atoms with E-state index < -0.39 is 6.36 Å². The van der Waals surface area contributed by atoms with Gasteiger partial charge in [-0.2, -0.15) is 0 Å². The summed E-state index contributed by atoms with van der Waals surface area (Å²) in [4.78, 5) is 0. The molecule has 0 aromatic heterocycles. The third-order valence-electron chi connectivity index (χ3n) is 2.43. The summed E-state index contributed by atoms with van der Waals surface area (Å²) in [5.41, 5.74) is 7.73. The number of nitrogens with two attached hydrogens (primary N) is 1. The number of hydrogen-bond acceptors (Lipinski definition) is 3. The summed E-state index contributed by atoms with van der Waals surface area (Å²) in [6.45, 7) is 0. The molecule has 0 spiro atoms. The fraction of sp³-hybridized carbons (Fsp3) is 0.0769. The lowest BCUT2D eigenvalue weighted by Gasteiger charge is -2.13. The van der Waals surface area contributed by atoms with Gasteiger partial charge in [-0.3, -0.25) is 0 Å². The molecule has 0 saturated heterocycles. The number of nitrogen functional groups attached to an aromatic ring is 1. The van der Waals surface area contributed by atoms with E-state index in [-0.39, 0.29) is 10.2 Å². The first-order valence-corrected chi connectivity index (χ1v) is 7.49. The van der Waals surface area contributed by atoms with Crippen molar-refractivity contribution in [3.8, 4) is 5.75 Å². The highest BCUT2D eigenvalue weighted by Crippen LogP contribution is 2.34. The number of alkyl halides is 3. The van der Waals surface area contributed by atoms with Crippen molar-refractivity contribution in [2.24, 2.45) is 0 Å². The molecular weight excluding hydrogens is 464 g/mol. The van der Waals surface area contributed by atoms with Gasteiger partial charge in [0.1, 0.15) is 5.75 Å². The van der Waals surface area contributed by atoms with Gasteiger partial charge in [0.25, 0.3) is 0 Å². The Balaban J connectivity index is 2.20. The minimum atomic E-state index is -4.72. The van der Waals surface area contributed by atoms with Crippen LogP contribution in [0.4, 0.5) is 30.2 Å². The molecule has 0 aliphatic heterocycles. The number of ether oxygens (including phenoxy) is 1. The number of halogens is 5. The Morgan fingerprint density at radius 1 is 1.14 bits per heavy atom. The van der Waals surface area contributed by atoms with Crippen molar-refractivity contribution in [1.29, 1.82) is 0 Å². The lowest BCUT2D eigenvalue weighted by atomic mass is 10.2. The van der Waals surface area contributed by atoms with E-state index in [0.717, 1.165) is 9.26 Å². The monoisotopic (exact) mass is 472 g/mol. The summed E-state index contributed by atoms with van der Waals surface area (Å²) in [5.74, 6) is -0.292. The van der Waals surface area contributed by atoms with Gasteiger partial charge >= 0.3 is 6.36 Å². The predicted octanol–water partition coefficient (Wildman–Crippen LogP) is 5.28. The fourth-order valence-electron chi connectivity index (χ4n) is 1.57. The van der Waals surface area contributed by atoms with Gasteiger partial charge in [0.05, 0.1) is 10.2 Å². The molecule has 0 fully saturated rings. The number of nitrogens with one attached hydrogen (secondary N) is 1. The molecule has 112 valence electrons. The normalized spacial score (nSPS) is 11.3. The maximum Gasteiger partial charge on any atom is 0.573 e. The third kappa shape index (κ3) is 4.67. The molecule has 0 radical (unpaired) electrons. The maximum absolute atomic E-state index is 12.2. The van der Waals surface area contributed by atoms with Crippen LogP contribution in [0.1, 0.15) is 0 Å². The molecule has 0 unspecified atom stereocenters. The second-order valence-electron chi connectivity index (χ2n) is 4.06. The average Bonchev–Trinajstić information content (AvgIpc) is 2.35. The second-order valence-corrected chi connectivity index (χ2v) is 6.07. The van der Waals surface area contributed by atoms with Crippen LogP contribution in [0.5, 0.6) is 5.75 Å². The molecule has 3 nitrogen and oxygen atoms in total. The first-order chi connectivity index (χ1) is 9.74. The van der Waals surface area contributed by atoms with Crippen molar-refractivity contribution in [3.63, 3.8) is 0 Å². The highest BCUT2D eigenvalue weighted by atomic mass is 127. The number of hydrogen-bond donors (Lipinski definition) is 2. The summed E-state index contributed by atoms with van der Waals surface area (Å²) >= 11 is 5.17. The fourth-order valence-corrected chi connectivity index (χ4v) is 2.71. The topological polar surface area (TPSA) is 47.3 Å². The van der Waals surface area contributed by atoms with Gasteiger partial charge in [0.15, 0.2) is 0 Å². The highest BCUT2D eigenvalue weighted by molar-refractivity contribution is 14.1. The molecule has 8 heteroatoms. The first-order valence-electron chi connectivity index (χ1n) is 5.62. The Labute approximate surface area is 140 Å². The molecule has 0 heterocycles. The molecule has 0 aliphatic carbocycles. The Morgan fingerprint density at radius 2 is 1.86 bits per heavy atom. The molecule has 3 N–H and O–H groups in total. The molecule has 0 amide bonds. The lowest BCUT2D eigenvalue weighted by Crippen LogP contribution is -2.17. The van der Waals surface area contributed by atoms with Crippen molar-refractivity contribution in [2.75, 3.05) is 11.1 Å². The smallest absolute Gasteiger partial charge is 0.405 e. The van der Waals surface area contributed by atoms with Crippen molar-refractivity contribution >= 4 is 55.6 Å². The average molecular weight is 473 g/mol. The quantitative estimate of drug-likeness (QED) is 0.472. The van der Waals surface area contributed by atoms with Crippen LogP contribution >= 0.6 is 38.5 Å². The molecule has 0 bridgehead atoms. The van der Waals surface area contributed by atoms with Crippen LogP contribution in [0, 0.1) is 3.57 Å². The zero-order valence-corrected chi connectivity index (χ0v) is 14.1. The van der Waals surface area contributed by atoms with E-state index in [2.05, 4.69) is 48.6 Å². The van der Waals surface area contributed by atoms with Gasteiger partial charge in [-0.1, -0.05) is 0 Å². The second kappa shape index (κ2) is 6.30. The van der Waals surface area contributed by atoms with E-state index in [1.807, 2.05) is 0 Å². The summed E-state index contributed by atoms with van der Waals surface area (Å²) in [6, 6.07) is 9.57. The molecule has 0 atom stereocenters. The van der Waals surface area contributed by atoms with E-state index >= 15 is 0 Å². The maximum atomic E-state index is 12.2. The van der Waals surface area contributed by atoms with E-state index in [1.165, 1.54) is 18.2 Å². The standard InChI is InChI=1S/C13H9BrF3IN2O/c14-9-6-8(2-4-12(9)21-13(15,16)17)20-11-3-1-7(19)5-10(11)18/h1-6,20H,19H2. The van der Waals surface area contributed by atoms with Gasteiger partial charge in [0.2, 0.25) is 0 Å². The summed E-state index contributed by atoms with van der Waals surface area (Å²) in [7, 11) is 0. The number of rotatable bonds is 3. The molecular formula is C13H9BrF3IN2O. The van der Waals surface area contributed by atoms with Crippen LogP contribution in [-0.2, 0) is 0 Å². The third-order valence-corrected chi connectivity index (χ3v) is 3.94. The largest absolute Gasteiger partial charge is 0.573 e. The minimum absolute atomic E-state index is 0.204. The summed E-state index contributed by atoms with van der Waals surface area (Å²) < 4.78 is 41.6. The molecule has 2 aromatic carbocycles. The van der Waals surface area contributed by atoms with Crippen LogP contribution in [0.15, 0.2) is 40.9 Å². The molecule has 2 rings (SSSR count). The molecule has 0 aliphatic rings. The number of benzene rings is 2. The summed E-state index contributed by atoms with van der Waals surface area (Å²) in [6.07, 6.45) is -4.72. The zero-order chi connectivity index (χ0) is 15.6. The zero-order valence-electron chi connectivity index (χ0n) is 10.3.